The van der Waals surface area contributed by atoms with E-state index in [1.54, 1.807) is 0 Å². The number of rotatable bonds is 1. The highest BCUT2D eigenvalue weighted by Crippen LogP contribution is 2.77. The lowest BCUT2D eigenvalue weighted by atomic mass is 10.3. The molecule has 0 unspecified atom stereocenters. The van der Waals surface area contributed by atoms with E-state index < -0.39 is 15.2 Å². The maximum Gasteiger partial charge on any atom is 0.115 e. The predicted molar refractivity (Wildman–Crippen MR) is 44.6 cm³/mol. The molecule has 0 fully saturated rings. The van der Waals surface area contributed by atoms with Crippen LogP contribution in [-0.4, -0.2) is 11.4 Å². The van der Waals surface area contributed by atoms with Gasteiger partial charge in [0.05, 0.1) is 10.3 Å². The lowest BCUT2D eigenvalue weighted by molar-refractivity contribution is 0.474. The Morgan fingerprint density at radius 3 is 1.83 bits per heavy atom. The van der Waals surface area contributed by atoms with Gasteiger partial charge in [0, 0.05) is 11.2 Å². The number of benzene rings is 1. The SMILES string of the molecule is C[SH](F)(F)(F)c1ccc(O)cc1. The molecule has 1 N–H and O–H groups in total. The third-order valence-electron chi connectivity index (χ3n) is 1.40. The summed E-state index contributed by atoms with van der Waals surface area (Å²) in [5.41, 5.74) is 0. The van der Waals surface area contributed by atoms with E-state index in [0.29, 0.717) is 6.26 Å². The minimum absolute atomic E-state index is 0.154. The van der Waals surface area contributed by atoms with Crippen LogP contribution in [-0.2, 0) is 0 Å². The summed E-state index contributed by atoms with van der Waals surface area (Å²) in [6.07, 6.45) is 0.304. The highest BCUT2D eigenvalue weighted by molar-refractivity contribution is 8.37. The largest absolute Gasteiger partial charge is 0.508 e. The van der Waals surface area contributed by atoms with Crippen LogP contribution in [0.2, 0.25) is 0 Å². The summed E-state index contributed by atoms with van der Waals surface area (Å²) >= 11 is 0. The topological polar surface area (TPSA) is 20.2 Å². The van der Waals surface area contributed by atoms with E-state index in [9.17, 15) is 11.7 Å². The summed E-state index contributed by atoms with van der Waals surface area (Å²) in [4.78, 5) is -0.640. The van der Waals surface area contributed by atoms with Crippen LogP contribution in [0.15, 0.2) is 29.2 Å². The van der Waals surface area contributed by atoms with Crippen molar-refractivity contribution in [3.05, 3.63) is 24.3 Å². The molecule has 0 aliphatic heterocycles. The van der Waals surface area contributed by atoms with Gasteiger partial charge in [-0.3, -0.25) is 0 Å². The van der Waals surface area contributed by atoms with Gasteiger partial charge in [0.15, 0.2) is 0 Å². The van der Waals surface area contributed by atoms with Gasteiger partial charge in [-0.05, 0) is 24.3 Å². The molecule has 0 bridgehead atoms. The Morgan fingerprint density at radius 1 is 1.08 bits per heavy atom. The van der Waals surface area contributed by atoms with E-state index in [-0.39, 0.29) is 5.75 Å². The third kappa shape index (κ3) is 2.07. The normalized spacial score (nSPS) is 15.2. The summed E-state index contributed by atoms with van der Waals surface area (Å²) in [5.74, 6) is -0.154. The number of halogens is 3. The molecule has 0 heterocycles. The quantitative estimate of drug-likeness (QED) is 0.664. The smallest absolute Gasteiger partial charge is 0.115 e. The summed E-state index contributed by atoms with van der Waals surface area (Å²) < 4.78 is 38.0. The van der Waals surface area contributed by atoms with Gasteiger partial charge < -0.3 is 5.11 Å². The van der Waals surface area contributed by atoms with Gasteiger partial charge in [-0.1, -0.05) is 0 Å². The molecule has 1 rings (SSSR count). The van der Waals surface area contributed by atoms with Crippen molar-refractivity contribution >= 4 is 10.3 Å². The molecule has 1 aromatic rings. The fraction of sp³-hybridized carbons (Fsp3) is 0.143. The lowest BCUT2D eigenvalue weighted by Crippen LogP contribution is -1.95. The summed E-state index contributed by atoms with van der Waals surface area (Å²) in [7, 11) is -6.13. The second-order valence-electron chi connectivity index (χ2n) is 2.69. The fourth-order valence-corrected chi connectivity index (χ4v) is 1.56. The van der Waals surface area contributed by atoms with Crippen LogP contribution in [0.4, 0.5) is 11.7 Å². The number of phenols is 1. The minimum atomic E-state index is -6.13. The third-order valence-corrected chi connectivity index (χ3v) is 2.80. The van der Waals surface area contributed by atoms with E-state index in [2.05, 4.69) is 0 Å². The molecule has 12 heavy (non-hydrogen) atoms. The summed E-state index contributed by atoms with van der Waals surface area (Å²) in [6, 6.07) is 3.87. The van der Waals surface area contributed by atoms with Crippen LogP contribution < -0.4 is 0 Å². The van der Waals surface area contributed by atoms with E-state index in [4.69, 9.17) is 5.11 Å². The summed E-state index contributed by atoms with van der Waals surface area (Å²) in [6.45, 7) is 0. The van der Waals surface area contributed by atoms with Gasteiger partial charge in [-0.25, -0.2) is 0 Å². The zero-order valence-corrected chi connectivity index (χ0v) is 7.23. The molecule has 0 aromatic heterocycles. The molecule has 1 nitrogen and oxygen atoms in total. The number of hydrogen-bond donors (Lipinski definition) is 2. The van der Waals surface area contributed by atoms with Crippen LogP contribution in [0, 0.1) is 0 Å². The Morgan fingerprint density at radius 2 is 1.50 bits per heavy atom. The standard InChI is InChI=1S/C7H9F3OS/c1-12(8,9,10)7-4-2-6(11)3-5-7/h2-5,11-12H,1H3. The average molecular weight is 198 g/mol. The van der Waals surface area contributed by atoms with Crippen LogP contribution >= 0.6 is 10.3 Å². The highest BCUT2D eigenvalue weighted by atomic mass is 32.4. The maximum atomic E-state index is 12.7. The van der Waals surface area contributed by atoms with Gasteiger partial charge >= 0.3 is 0 Å². The Balaban J connectivity index is 3.15. The first kappa shape index (κ1) is 9.25. The molecule has 0 radical (unpaired) electrons. The predicted octanol–water partition coefficient (Wildman–Crippen LogP) is 3.11. The van der Waals surface area contributed by atoms with Crippen LogP contribution in [0.3, 0.4) is 0 Å². The van der Waals surface area contributed by atoms with Crippen molar-refractivity contribution in [2.24, 2.45) is 0 Å². The maximum absolute atomic E-state index is 12.7. The molecule has 5 heteroatoms. The van der Waals surface area contributed by atoms with Crippen molar-refractivity contribution < 1.29 is 16.8 Å². The first-order valence-corrected chi connectivity index (χ1v) is 5.58. The Hall–Kier alpha value is -0.840. The van der Waals surface area contributed by atoms with Gasteiger partial charge in [0.1, 0.15) is 5.75 Å². The zero-order valence-electron chi connectivity index (χ0n) is 6.34. The first-order valence-electron chi connectivity index (χ1n) is 3.22. The van der Waals surface area contributed by atoms with Gasteiger partial charge in [-0.2, -0.15) is 11.7 Å². The molecule has 0 saturated heterocycles. The average Bonchev–Trinajstić information content (AvgIpc) is 1.84. The second-order valence-corrected chi connectivity index (χ2v) is 5.56. The monoisotopic (exact) mass is 198 g/mol. The molecule has 70 valence electrons. The molecule has 0 amide bonds. The molecule has 0 saturated carbocycles. The van der Waals surface area contributed by atoms with Crippen molar-refractivity contribution in [3.8, 4) is 5.75 Å². The molecule has 0 aliphatic carbocycles. The first-order chi connectivity index (χ1) is 5.26. The van der Waals surface area contributed by atoms with E-state index in [0.717, 1.165) is 24.3 Å². The van der Waals surface area contributed by atoms with Crippen molar-refractivity contribution in [3.63, 3.8) is 0 Å². The molecule has 0 atom stereocenters. The summed E-state index contributed by atoms with van der Waals surface area (Å²) in [5, 5.41) is 8.75. The second kappa shape index (κ2) is 2.32. The Labute approximate surface area is 69.0 Å². The zero-order chi connectivity index (χ0) is 9.43. The Bertz CT molecular complexity index is 279. The molecule has 0 aliphatic rings. The van der Waals surface area contributed by atoms with Crippen molar-refractivity contribution in [1.29, 1.82) is 0 Å². The van der Waals surface area contributed by atoms with Gasteiger partial charge in [0.25, 0.3) is 0 Å². The minimum Gasteiger partial charge on any atom is -0.508 e. The van der Waals surface area contributed by atoms with Gasteiger partial charge in [-0.15, -0.1) is 0 Å². The van der Waals surface area contributed by atoms with Crippen LogP contribution in [0.5, 0.6) is 5.75 Å². The van der Waals surface area contributed by atoms with E-state index in [1.165, 1.54) is 0 Å². The molecule has 1 aromatic carbocycles. The van der Waals surface area contributed by atoms with Crippen LogP contribution in [0.25, 0.3) is 0 Å². The van der Waals surface area contributed by atoms with Crippen molar-refractivity contribution in [1.82, 2.24) is 0 Å². The number of hydrogen-bond acceptors (Lipinski definition) is 1. The van der Waals surface area contributed by atoms with Crippen molar-refractivity contribution in [2.45, 2.75) is 4.90 Å². The Kier molecular flexibility index (Phi) is 1.79. The van der Waals surface area contributed by atoms with Gasteiger partial charge in [0.2, 0.25) is 0 Å². The molecule has 0 spiro atoms. The number of phenolic OH excluding ortho intramolecular Hbond substituents is 1. The van der Waals surface area contributed by atoms with Crippen molar-refractivity contribution in [2.75, 3.05) is 6.26 Å². The molecular weight excluding hydrogens is 189 g/mol. The van der Waals surface area contributed by atoms with E-state index in [1.807, 2.05) is 0 Å². The van der Waals surface area contributed by atoms with E-state index >= 15 is 0 Å². The fourth-order valence-electron chi connectivity index (χ4n) is 0.771. The highest BCUT2D eigenvalue weighted by Gasteiger charge is 2.34. The van der Waals surface area contributed by atoms with Crippen LogP contribution in [0.1, 0.15) is 0 Å². The number of aromatic hydroxyl groups is 1. The molecular formula is C7H9F3OS. The number of thiol groups is 1. The lowest BCUT2D eigenvalue weighted by Gasteiger charge is -2.33.